The van der Waals surface area contributed by atoms with E-state index in [0.29, 0.717) is 18.7 Å². The van der Waals surface area contributed by atoms with Crippen LogP contribution in [0.3, 0.4) is 0 Å². The third-order valence-corrected chi connectivity index (χ3v) is 5.92. The van der Waals surface area contributed by atoms with Crippen molar-refractivity contribution in [3.63, 3.8) is 0 Å². The first-order valence-electron chi connectivity index (χ1n) is 11.6. The predicted molar refractivity (Wildman–Crippen MR) is 137 cm³/mol. The first-order valence-corrected chi connectivity index (χ1v) is 11.6. The molecule has 0 fully saturated rings. The minimum Gasteiger partial charge on any atom is -0.348 e. The number of aryl methyl sites for hydroxylation is 2. The molecule has 3 aromatic carbocycles. The molecule has 1 amide bonds. The van der Waals surface area contributed by atoms with Gasteiger partial charge in [0, 0.05) is 35.1 Å². The van der Waals surface area contributed by atoms with Gasteiger partial charge in [-0.1, -0.05) is 60.7 Å². The Morgan fingerprint density at radius 1 is 0.857 bits per heavy atom. The molecular formula is C29H27N5O. The summed E-state index contributed by atoms with van der Waals surface area (Å²) in [4.78, 5) is 13.1. The van der Waals surface area contributed by atoms with E-state index in [0.717, 1.165) is 39.5 Å². The van der Waals surface area contributed by atoms with Gasteiger partial charge in [0.25, 0.3) is 5.91 Å². The summed E-state index contributed by atoms with van der Waals surface area (Å²) in [5.41, 5.74) is 7.53. The van der Waals surface area contributed by atoms with Gasteiger partial charge >= 0.3 is 0 Å². The van der Waals surface area contributed by atoms with E-state index in [1.807, 2.05) is 114 Å². The van der Waals surface area contributed by atoms with Crippen LogP contribution in [0.15, 0.2) is 97.2 Å². The minimum absolute atomic E-state index is 0.119. The summed E-state index contributed by atoms with van der Waals surface area (Å²) in [7, 11) is 0. The number of rotatable bonds is 7. The number of aromatic nitrogens is 4. The number of para-hydroxylation sites is 1. The highest BCUT2D eigenvalue weighted by molar-refractivity contribution is 5.94. The SMILES string of the molecule is Cc1cc(C)n(Cc2cccc(C(=O)NCc3cn(-c4ccccc4)nc3-c3ccccc3)c2)n1. The summed E-state index contributed by atoms with van der Waals surface area (Å²) in [5, 5.41) is 12.4. The molecule has 0 bridgehead atoms. The van der Waals surface area contributed by atoms with Crippen molar-refractivity contribution in [1.82, 2.24) is 24.9 Å². The summed E-state index contributed by atoms with van der Waals surface area (Å²) in [6.45, 7) is 5.02. The maximum absolute atomic E-state index is 13.1. The van der Waals surface area contributed by atoms with E-state index in [1.54, 1.807) is 0 Å². The number of benzene rings is 3. The molecule has 2 aromatic heterocycles. The predicted octanol–water partition coefficient (Wildman–Crippen LogP) is 5.33. The van der Waals surface area contributed by atoms with E-state index in [-0.39, 0.29) is 5.91 Å². The molecule has 0 atom stereocenters. The van der Waals surface area contributed by atoms with E-state index in [4.69, 9.17) is 5.10 Å². The zero-order valence-electron chi connectivity index (χ0n) is 19.8. The number of hydrogen-bond acceptors (Lipinski definition) is 3. The van der Waals surface area contributed by atoms with Gasteiger partial charge in [0.1, 0.15) is 0 Å². The molecule has 6 heteroatoms. The van der Waals surface area contributed by atoms with Gasteiger partial charge < -0.3 is 5.32 Å². The summed E-state index contributed by atoms with van der Waals surface area (Å²) < 4.78 is 3.81. The fourth-order valence-corrected chi connectivity index (χ4v) is 4.19. The molecule has 0 aliphatic heterocycles. The Labute approximate surface area is 204 Å². The van der Waals surface area contributed by atoms with Crippen molar-refractivity contribution in [3.05, 3.63) is 125 Å². The van der Waals surface area contributed by atoms with Crippen LogP contribution in [0.25, 0.3) is 16.9 Å². The molecule has 174 valence electrons. The van der Waals surface area contributed by atoms with Crippen LogP contribution in [0.5, 0.6) is 0 Å². The van der Waals surface area contributed by atoms with Crippen LogP contribution >= 0.6 is 0 Å². The number of carbonyl (C=O) groups is 1. The van der Waals surface area contributed by atoms with Crippen LogP contribution in [-0.4, -0.2) is 25.5 Å². The fourth-order valence-electron chi connectivity index (χ4n) is 4.19. The van der Waals surface area contributed by atoms with E-state index >= 15 is 0 Å². The van der Waals surface area contributed by atoms with Gasteiger partial charge in [-0.15, -0.1) is 0 Å². The van der Waals surface area contributed by atoms with Crippen LogP contribution in [0, 0.1) is 13.8 Å². The molecule has 0 aliphatic carbocycles. The molecule has 35 heavy (non-hydrogen) atoms. The number of nitrogens with one attached hydrogen (secondary N) is 1. The van der Waals surface area contributed by atoms with E-state index in [1.165, 1.54) is 0 Å². The van der Waals surface area contributed by atoms with E-state index in [2.05, 4.69) is 16.5 Å². The van der Waals surface area contributed by atoms with Crippen molar-refractivity contribution < 1.29 is 4.79 Å². The Morgan fingerprint density at radius 2 is 1.60 bits per heavy atom. The molecule has 5 aromatic rings. The van der Waals surface area contributed by atoms with E-state index in [9.17, 15) is 4.79 Å². The molecule has 0 saturated carbocycles. The maximum Gasteiger partial charge on any atom is 0.251 e. The number of nitrogens with zero attached hydrogens (tertiary/aromatic N) is 4. The van der Waals surface area contributed by atoms with Gasteiger partial charge in [-0.05, 0) is 49.7 Å². The summed E-state index contributed by atoms with van der Waals surface area (Å²) in [6, 6.07) is 29.8. The third kappa shape index (κ3) is 5.06. The maximum atomic E-state index is 13.1. The molecule has 0 aliphatic rings. The fraction of sp³-hybridized carbons (Fsp3) is 0.138. The van der Waals surface area contributed by atoms with E-state index < -0.39 is 0 Å². The van der Waals surface area contributed by atoms with Gasteiger partial charge in [0.15, 0.2) is 0 Å². The summed E-state index contributed by atoms with van der Waals surface area (Å²) in [5.74, 6) is -0.119. The first-order chi connectivity index (χ1) is 17.1. The third-order valence-electron chi connectivity index (χ3n) is 5.92. The van der Waals surface area contributed by atoms with Crippen LogP contribution in [0.4, 0.5) is 0 Å². The average Bonchev–Trinajstić information content (AvgIpc) is 3.46. The molecule has 6 nitrogen and oxygen atoms in total. The lowest BCUT2D eigenvalue weighted by molar-refractivity contribution is 0.0951. The Hall–Kier alpha value is -4.45. The molecule has 1 N–H and O–H groups in total. The minimum atomic E-state index is -0.119. The highest BCUT2D eigenvalue weighted by Gasteiger charge is 2.14. The van der Waals surface area contributed by atoms with Crippen LogP contribution in [-0.2, 0) is 13.1 Å². The summed E-state index contributed by atoms with van der Waals surface area (Å²) >= 11 is 0. The quantitative estimate of drug-likeness (QED) is 0.356. The zero-order chi connectivity index (χ0) is 24.2. The molecule has 0 unspecified atom stereocenters. The molecule has 0 saturated heterocycles. The van der Waals surface area contributed by atoms with Crippen molar-refractivity contribution in [2.24, 2.45) is 0 Å². The molecular weight excluding hydrogens is 434 g/mol. The summed E-state index contributed by atoms with van der Waals surface area (Å²) in [6.07, 6.45) is 1.98. The smallest absolute Gasteiger partial charge is 0.251 e. The van der Waals surface area contributed by atoms with Gasteiger partial charge in [-0.2, -0.15) is 10.2 Å². The van der Waals surface area contributed by atoms with Crippen LogP contribution in [0.1, 0.15) is 32.9 Å². The lowest BCUT2D eigenvalue weighted by Gasteiger charge is -2.09. The lowest BCUT2D eigenvalue weighted by atomic mass is 10.1. The van der Waals surface area contributed by atoms with Crippen molar-refractivity contribution >= 4 is 5.91 Å². The Bertz CT molecular complexity index is 1450. The normalized spacial score (nSPS) is 10.9. The van der Waals surface area contributed by atoms with Crippen LogP contribution < -0.4 is 5.32 Å². The first kappa shape index (κ1) is 22.3. The average molecular weight is 462 g/mol. The lowest BCUT2D eigenvalue weighted by Crippen LogP contribution is -2.23. The van der Waals surface area contributed by atoms with Crippen LogP contribution in [0.2, 0.25) is 0 Å². The monoisotopic (exact) mass is 461 g/mol. The second-order valence-electron chi connectivity index (χ2n) is 8.62. The molecule has 2 heterocycles. The topological polar surface area (TPSA) is 64.7 Å². The number of carbonyl (C=O) groups excluding carboxylic acids is 1. The van der Waals surface area contributed by atoms with Crippen molar-refractivity contribution in [2.75, 3.05) is 0 Å². The molecule has 0 spiro atoms. The second-order valence-corrected chi connectivity index (χ2v) is 8.62. The largest absolute Gasteiger partial charge is 0.348 e. The standard InChI is InChI=1S/C29H27N5O/c1-21-16-22(2)33(31-21)19-23-10-9-13-25(17-23)29(35)30-18-26-20-34(27-14-7-4-8-15-27)32-28(26)24-11-5-3-6-12-24/h3-17,20H,18-19H2,1-2H3,(H,30,35). The van der Waals surface area contributed by atoms with Gasteiger partial charge in [0.2, 0.25) is 0 Å². The molecule has 0 radical (unpaired) electrons. The highest BCUT2D eigenvalue weighted by Crippen LogP contribution is 2.23. The van der Waals surface area contributed by atoms with Gasteiger partial charge in [-0.25, -0.2) is 4.68 Å². The Morgan fingerprint density at radius 3 is 2.31 bits per heavy atom. The zero-order valence-corrected chi connectivity index (χ0v) is 19.8. The van der Waals surface area contributed by atoms with Crippen molar-refractivity contribution in [1.29, 1.82) is 0 Å². The Kier molecular flexibility index (Phi) is 6.26. The number of hydrogen-bond donors (Lipinski definition) is 1. The van der Waals surface area contributed by atoms with Crippen molar-refractivity contribution in [3.8, 4) is 16.9 Å². The Balaban J connectivity index is 1.36. The van der Waals surface area contributed by atoms with Crippen molar-refractivity contribution in [2.45, 2.75) is 26.9 Å². The van der Waals surface area contributed by atoms with Gasteiger partial charge in [0.05, 0.1) is 23.6 Å². The second kappa shape index (κ2) is 9.81. The van der Waals surface area contributed by atoms with Gasteiger partial charge in [-0.3, -0.25) is 9.48 Å². The highest BCUT2D eigenvalue weighted by atomic mass is 16.1. The molecule has 5 rings (SSSR count). The number of amides is 1.